The molecule has 204 valence electrons. The summed E-state index contributed by atoms with van der Waals surface area (Å²) >= 11 is 0. The number of nitrogens with one attached hydrogen (secondary N) is 2. The zero-order chi connectivity index (χ0) is 27.5. The molecule has 0 saturated carbocycles. The van der Waals surface area contributed by atoms with Gasteiger partial charge in [-0.05, 0) is 58.4 Å². The molecule has 6 unspecified atom stereocenters. The molecule has 2 fully saturated rings. The van der Waals surface area contributed by atoms with Gasteiger partial charge in [-0.1, -0.05) is 29.8 Å². The Morgan fingerprint density at radius 3 is 2.49 bits per heavy atom. The van der Waals surface area contributed by atoms with E-state index in [9.17, 15) is 29.4 Å². The first-order valence-corrected chi connectivity index (χ1v) is 12.8. The SMILES string of the molecule is Cc1cccc(CC2(C(=O)NC(C(N)=O)[C@@H](C)O)CCC(C(=O)C3CCCN3C(=O)C(N)C(C)O)N2)c1. The van der Waals surface area contributed by atoms with Crippen LogP contribution in [0.3, 0.4) is 0 Å². The van der Waals surface area contributed by atoms with Crippen LogP contribution in [0.1, 0.15) is 50.7 Å². The normalized spacial score (nSPS) is 26.8. The fourth-order valence-electron chi connectivity index (χ4n) is 5.32. The van der Waals surface area contributed by atoms with Crippen molar-refractivity contribution in [2.24, 2.45) is 11.5 Å². The molecule has 1 aromatic rings. The number of carbonyl (C=O) groups is 4. The Morgan fingerprint density at radius 1 is 1.19 bits per heavy atom. The average molecular weight is 518 g/mol. The molecule has 0 spiro atoms. The Morgan fingerprint density at radius 2 is 1.89 bits per heavy atom. The molecule has 7 atom stereocenters. The number of ketones is 1. The largest absolute Gasteiger partial charge is 0.391 e. The standard InChI is InChI=1S/C26H39N5O6/c1-14-6-4-7-17(12-14)13-26(25(37)29-21(16(3)33)23(28)35)10-9-18(30-26)22(34)19-8-5-11-31(19)24(36)20(27)15(2)32/h4,6-7,12,15-16,18-21,30,32-33H,5,8-11,13,27H2,1-3H3,(H2,28,35)(H,29,37)/t15?,16-,18?,19?,20?,21?,26?/m1/s1. The molecule has 3 amide bonds. The molecule has 0 aliphatic carbocycles. The van der Waals surface area contributed by atoms with Gasteiger partial charge in [0.1, 0.15) is 17.6 Å². The summed E-state index contributed by atoms with van der Waals surface area (Å²) in [5, 5.41) is 25.5. The molecule has 11 nitrogen and oxygen atoms in total. The average Bonchev–Trinajstić information content (AvgIpc) is 3.49. The topological polar surface area (TPSA) is 188 Å². The van der Waals surface area contributed by atoms with Crippen LogP contribution in [-0.4, -0.2) is 87.1 Å². The number of hydrogen-bond donors (Lipinski definition) is 6. The zero-order valence-corrected chi connectivity index (χ0v) is 21.6. The van der Waals surface area contributed by atoms with E-state index in [1.165, 1.54) is 18.7 Å². The van der Waals surface area contributed by atoms with Gasteiger partial charge in [-0.2, -0.15) is 0 Å². The third kappa shape index (κ3) is 6.35. The van der Waals surface area contributed by atoms with Crippen molar-refractivity contribution < 1.29 is 29.4 Å². The van der Waals surface area contributed by atoms with E-state index in [0.29, 0.717) is 32.2 Å². The van der Waals surface area contributed by atoms with Gasteiger partial charge >= 0.3 is 0 Å². The number of amides is 3. The summed E-state index contributed by atoms with van der Waals surface area (Å²) in [4.78, 5) is 53.3. The fraction of sp³-hybridized carbons (Fsp3) is 0.615. The Labute approximate surface area is 216 Å². The minimum atomic E-state index is -1.29. The lowest BCUT2D eigenvalue weighted by molar-refractivity contribution is -0.141. The summed E-state index contributed by atoms with van der Waals surface area (Å²) in [6.45, 7) is 5.09. The number of benzene rings is 1. The van der Waals surface area contributed by atoms with Crippen LogP contribution in [0.4, 0.5) is 0 Å². The van der Waals surface area contributed by atoms with Gasteiger partial charge in [0.25, 0.3) is 0 Å². The highest BCUT2D eigenvalue weighted by Gasteiger charge is 2.50. The molecule has 0 radical (unpaired) electrons. The number of Topliss-reactive ketones (excluding diaryl/α,β-unsaturated/α-hetero) is 1. The number of carbonyl (C=O) groups excluding carboxylic acids is 4. The van der Waals surface area contributed by atoms with Crippen LogP contribution in [-0.2, 0) is 25.6 Å². The zero-order valence-electron chi connectivity index (χ0n) is 21.6. The highest BCUT2D eigenvalue weighted by atomic mass is 16.3. The number of nitrogens with two attached hydrogens (primary N) is 2. The molecule has 37 heavy (non-hydrogen) atoms. The van der Waals surface area contributed by atoms with E-state index < -0.39 is 59.6 Å². The second-order valence-electron chi connectivity index (χ2n) is 10.4. The Kier molecular flexibility index (Phi) is 9.06. The summed E-state index contributed by atoms with van der Waals surface area (Å²) in [7, 11) is 0. The van der Waals surface area contributed by atoms with E-state index in [2.05, 4.69) is 10.6 Å². The summed E-state index contributed by atoms with van der Waals surface area (Å²) in [6, 6.07) is 3.81. The van der Waals surface area contributed by atoms with Gasteiger partial charge in [0.2, 0.25) is 17.7 Å². The van der Waals surface area contributed by atoms with Gasteiger partial charge in [-0.3, -0.25) is 24.5 Å². The van der Waals surface area contributed by atoms with Crippen LogP contribution in [0.15, 0.2) is 24.3 Å². The number of aryl methyl sites for hydroxylation is 1. The number of hydrogen-bond acceptors (Lipinski definition) is 8. The van der Waals surface area contributed by atoms with Crippen molar-refractivity contribution in [2.75, 3.05) is 6.54 Å². The molecule has 3 rings (SSSR count). The van der Waals surface area contributed by atoms with E-state index in [0.717, 1.165) is 11.1 Å². The van der Waals surface area contributed by atoms with Crippen molar-refractivity contribution in [2.45, 2.75) is 94.8 Å². The van der Waals surface area contributed by atoms with Gasteiger partial charge in [-0.25, -0.2) is 0 Å². The number of nitrogens with zero attached hydrogens (tertiary/aromatic N) is 1. The molecule has 0 bridgehead atoms. The third-order valence-corrected chi connectivity index (χ3v) is 7.42. The van der Waals surface area contributed by atoms with Crippen molar-refractivity contribution in [1.29, 1.82) is 0 Å². The van der Waals surface area contributed by atoms with Gasteiger partial charge in [-0.15, -0.1) is 0 Å². The Balaban J connectivity index is 1.85. The first-order chi connectivity index (χ1) is 17.4. The summed E-state index contributed by atoms with van der Waals surface area (Å²) in [5.41, 5.74) is 11.9. The predicted molar refractivity (Wildman–Crippen MR) is 136 cm³/mol. The second kappa shape index (κ2) is 11.7. The minimum Gasteiger partial charge on any atom is -0.391 e. The van der Waals surface area contributed by atoms with Crippen molar-refractivity contribution >= 4 is 23.5 Å². The maximum absolute atomic E-state index is 13.6. The lowest BCUT2D eigenvalue weighted by Gasteiger charge is -2.33. The molecular formula is C26H39N5O6. The highest BCUT2D eigenvalue weighted by molar-refractivity contribution is 5.97. The molecule has 0 aromatic heterocycles. The lowest BCUT2D eigenvalue weighted by Crippen LogP contribution is -2.63. The third-order valence-electron chi connectivity index (χ3n) is 7.42. The summed E-state index contributed by atoms with van der Waals surface area (Å²) in [5.74, 6) is -2.10. The van der Waals surface area contributed by atoms with Gasteiger partial charge in [0, 0.05) is 6.54 Å². The van der Waals surface area contributed by atoms with Crippen LogP contribution in [0.2, 0.25) is 0 Å². The van der Waals surface area contributed by atoms with Gasteiger partial charge < -0.3 is 31.9 Å². The minimum absolute atomic E-state index is 0.218. The molecule has 2 aliphatic heterocycles. The summed E-state index contributed by atoms with van der Waals surface area (Å²) in [6.07, 6.45) is -0.269. The van der Waals surface area contributed by atoms with Crippen molar-refractivity contribution in [3.05, 3.63) is 35.4 Å². The maximum atomic E-state index is 13.6. The van der Waals surface area contributed by atoms with E-state index in [4.69, 9.17) is 11.5 Å². The van der Waals surface area contributed by atoms with E-state index >= 15 is 0 Å². The quantitative estimate of drug-likeness (QED) is 0.220. The van der Waals surface area contributed by atoms with Crippen LogP contribution < -0.4 is 22.1 Å². The van der Waals surface area contributed by atoms with Crippen LogP contribution in [0.25, 0.3) is 0 Å². The molecule has 2 heterocycles. The predicted octanol–water partition coefficient (Wildman–Crippen LogP) is -1.35. The van der Waals surface area contributed by atoms with Crippen LogP contribution in [0.5, 0.6) is 0 Å². The lowest BCUT2D eigenvalue weighted by atomic mass is 9.87. The van der Waals surface area contributed by atoms with Crippen LogP contribution in [0, 0.1) is 6.92 Å². The Hall–Kier alpha value is -2.86. The highest BCUT2D eigenvalue weighted by Crippen LogP contribution is 2.31. The van der Waals surface area contributed by atoms with E-state index in [-0.39, 0.29) is 12.2 Å². The van der Waals surface area contributed by atoms with E-state index in [1.54, 1.807) is 0 Å². The smallest absolute Gasteiger partial charge is 0.242 e. The monoisotopic (exact) mass is 517 g/mol. The molecular weight excluding hydrogens is 478 g/mol. The number of primary amides is 1. The number of likely N-dealkylation sites (tertiary alicyclic amines) is 1. The fourth-order valence-corrected chi connectivity index (χ4v) is 5.32. The maximum Gasteiger partial charge on any atom is 0.242 e. The number of aliphatic hydroxyl groups is 2. The van der Waals surface area contributed by atoms with Crippen molar-refractivity contribution in [3.63, 3.8) is 0 Å². The first-order valence-electron chi connectivity index (χ1n) is 12.8. The number of rotatable bonds is 10. The van der Waals surface area contributed by atoms with Gasteiger partial charge in [0.05, 0.1) is 24.3 Å². The van der Waals surface area contributed by atoms with Gasteiger partial charge in [0.15, 0.2) is 5.78 Å². The second-order valence-corrected chi connectivity index (χ2v) is 10.4. The molecule has 8 N–H and O–H groups in total. The molecule has 2 saturated heterocycles. The van der Waals surface area contributed by atoms with Crippen molar-refractivity contribution in [1.82, 2.24) is 15.5 Å². The summed E-state index contributed by atoms with van der Waals surface area (Å²) < 4.78 is 0. The first kappa shape index (κ1) is 28.7. The number of aliphatic hydroxyl groups excluding tert-OH is 2. The van der Waals surface area contributed by atoms with Crippen LogP contribution >= 0.6 is 0 Å². The molecule has 1 aromatic carbocycles. The molecule has 11 heteroatoms. The molecule has 2 aliphatic rings. The Bertz CT molecular complexity index is 1030. The van der Waals surface area contributed by atoms with E-state index in [1.807, 2.05) is 31.2 Å². The van der Waals surface area contributed by atoms with Crippen molar-refractivity contribution in [3.8, 4) is 0 Å².